The van der Waals surface area contributed by atoms with Gasteiger partial charge in [0.15, 0.2) is 0 Å². The van der Waals surface area contributed by atoms with Crippen LogP contribution in [0.25, 0.3) is 5.52 Å². The maximum Gasteiger partial charge on any atom is 0.336 e. The molecule has 2 heterocycles. The second-order valence-corrected chi connectivity index (χ2v) is 3.99. The van der Waals surface area contributed by atoms with Gasteiger partial charge in [-0.05, 0) is 40.5 Å². The van der Waals surface area contributed by atoms with Gasteiger partial charge in [-0.1, -0.05) is 0 Å². The van der Waals surface area contributed by atoms with Gasteiger partial charge in [-0.25, -0.2) is 4.79 Å². The number of carboxylic acid groups (broad SMARTS) is 1. The lowest BCUT2D eigenvalue weighted by Gasteiger charge is -2.02. The van der Waals surface area contributed by atoms with Crippen molar-refractivity contribution in [3.63, 3.8) is 0 Å². The van der Waals surface area contributed by atoms with Gasteiger partial charge >= 0.3 is 5.97 Å². The molecule has 0 bridgehead atoms. The lowest BCUT2D eigenvalue weighted by Crippen LogP contribution is -2.01. The Hall–Kier alpha value is -1.29. The molecule has 0 atom stereocenters. The number of aromatic nitrogens is 1. The van der Waals surface area contributed by atoms with Crippen LogP contribution in [-0.4, -0.2) is 15.5 Å². The lowest BCUT2D eigenvalue weighted by atomic mass is 10.1. The Labute approximate surface area is 89.1 Å². The van der Waals surface area contributed by atoms with Crippen molar-refractivity contribution in [3.8, 4) is 0 Å². The Bertz CT molecular complexity index is 516. The van der Waals surface area contributed by atoms with Gasteiger partial charge in [0, 0.05) is 16.9 Å². The van der Waals surface area contributed by atoms with Crippen molar-refractivity contribution < 1.29 is 9.90 Å². The number of carboxylic acids is 1. The van der Waals surface area contributed by atoms with E-state index < -0.39 is 5.97 Å². The fourth-order valence-electron chi connectivity index (χ4n) is 1.45. The van der Waals surface area contributed by atoms with E-state index in [2.05, 4.69) is 15.9 Å². The highest BCUT2D eigenvalue weighted by molar-refractivity contribution is 9.10. The number of pyridine rings is 1. The first kappa shape index (κ1) is 9.27. The van der Waals surface area contributed by atoms with Crippen molar-refractivity contribution in [1.29, 1.82) is 0 Å². The third kappa shape index (κ3) is 1.32. The van der Waals surface area contributed by atoms with Gasteiger partial charge in [0.25, 0.3) is 0 Å². The normalized spacial score (nSPS) is 10.7. The van der Waals surface area contributed by atoms with Gasteiger partial charge in [-0.2, -0.15) is 0 Å². The van der Waals surface area contributed by atoms with Crippen molar-refractivity contribution in [2.45, 2.75) is 6.92 Å². The molecule has 3 nitrogen and oxygen atoms in total. The number of hydrogen-bond acceptors (Lipinski definition) is 1. The predicted molar refractivity (Wildman–Crippen MR) is 56.8 cm³/mol. The van der Waals surface area contributed by atoms with E-state index in [0.717, 1.165) is 15.6 Å². The summed E-state index contributed by atoms with van der Waals surface area (Å²) in [5, 5.41) is 8.93. The molecular weight excluding hydrogens is 246 g/mol. The quantitative estimate of drug-likeness (QED) is 0.850. The van der Waals surface area contributed by atoms with Crippen molar-refractivity contribution in [2.24, 2.45) is 0 Å². The van der Waals surface area contributed by atoms with E-state index in [4.69, 9.17) is 5.11 Å². The van der Waals surface area contributed by atoms with Gasteiger partial charge in [-0.15, -0.1) is 0 Å². The van der Waals surface area contributed by atoms with Crippen LogP contribution in [0.4, 0.5) is 0 Å². The number of aromatic carboxylic acids is 1. The number of halogens is 1. The maximum absolute atomic E-state index is 10.9. The third-order valence-corrected chi connectivity index (χ3v) is 2.84. The van der Waals surface area contributed by atoms with Crippen LogP contribution < -0.4 is 0 Å². The monoisotopic (exact) mass is 253 g/mol. The van der Waals surface area contributed by atoms with E-state index >= 15 is 0 Å². The van der Waals surface area contributed by atoms with E-state index in [0.29, 0.717) is 5.56 Å². The fourth-order valence-corrected chi connectivity index (χ4v) is 1.89. The summed E-state index contributed by atoms with van der Waals surface area (Å²) in [6.45, 7) is 1.79. The highest BCUT2D eigenvalue weighted by Crippen LogP contribution is 2.22. The van der Waals surface area contributed by atoms with Crippen LogP contribution in [0.1, 0.15) is 15.9 Å². The first-order valence-corrected chi connectivity index (χ1v) is 4.89. The molecule has 0 saturated carbocycles. The molecule has 2 aromatic rings. The summed E-state index contributed by atoms with van der Waals surface area (Å²) in [6, 6.07) is 3.56. The lowest BCUT2D eigenvalue weighted by molar-refractivity contribution is 0.0696. The second kappa shape index (κ2) is 3.13. The van der Waals surface area contributed by atoms with Crippen molar-refractivity contribution in [1.82, 2.24) is 4.40 Å². The Morgan fingerprint density at radius 2 is 2.29 bits per heavy atom. The minimum absolute atomic E-state index is 0.344. The number of hydrogen-bond donors (Lipinski definition) is 1. The molecule has 0 aliphatic heterocycles. The Balaban J connectivity index is 2.80. The molecule has 0 unspecified atom stereocenters. The van der Waals surface area contributed by atoms with Crippen molar-refractivity contribution in [2.75, 3.05) is 0 Å². The summed E-state index contributed by atoms with van der Waals surface area (Å²) in [5.41, 5.74) is 1.97. The van der Waals surface area contributed by atoms with Crippen molar-refractivity contribution in [3.05, 3.63) is 40.1 Å². The molecule has 72 valence electrons. The second-order valence-electron chi connectivity index (χ2n) is 3.13. The van der Waals surface area contributed by atoms with Crippen LogP contribution in [0.2, 0.25) is 0 Å². The topological polar surface area (TPSA) is 41.7 Å². The molecule has 0 fully saturated rings. The van der Waals surface area contributed by atoms with Crippen LogP contribution in [0, 0.1) is 6.92 Å². The first-order chi connectivity index (χ1) is 6.59. The summed E-state index contributed by atoms with van der Waals surface area (Å²) in [5.74, 6) is -0.891. The highest BCUT2D eigenvalue weighted by Gasteiger charge is 2.09. The van der Waals surface area contributed by atoms with E-state index in [1.165, 1.54) is 0 Å². The number of nitrogens with zero attached hydrogens (tertiary/aromatic N) is 1. The van der Waals surface area contributed by atoms with Crippen LogP contribution >= 0.6 is 15.9 Å². The number of fused-ring (bicyclic) bond motifs is 1. The van der Waals surface area contributed by atoms with Gasteiger partial charge in [0.05, 0.1) is 11.1 Å². The summed E-state index contributed by atoms with van der Waals surface area (Å²) < 4.78 is 2.80. The van der Waals surface area contributed by atoms with Gasteiger partial charge in [-0.3, -0.25) is 0 Å². The summed E-state index contributed by atoms with van der Waals surface area (Å²) >= 11 is 3.36. The SMILES string of the molecule is Cc1cn2ccc(Br)c2cc1C(=O)O. The minimum Gasteiger partial charge on any atom is -0.478 e. The van der Waals surface area contributed by atoms with E-state index in [1.54, 1.807) is 13.0 Å². The molecule has 0 aliphatic rings. The average Bonchev–Trinajstić information content (AvgIpc) is 2.46. The highest BCUT2D eigenvalue weighted by atomic mass is 79.9. The van der Waals surface area contributed by atoms with E-state index in [1.807, 2.05) is 22.9 Å². The number of aryl methyl sites for hydroxylation is 1. The first-order valence-electron chi connectivity index (χ1n) is 4.09. The molecule has 0 radical (unpaired) electrons. The predicted octanol–water partition coefficient (Wildman–Crippen LogP) is 2.71. The Kier molecular flexibility index (Phi) is 2.07. The standard InChI is InChI=1S/C10H8BrNO2/c1-6-5-12-3-2-8(11)9(12)4-7(6)10(13)14/h2-5H,1H3,(H,13,14). The molecule has 2 aromatic heterocycles. The zero-order chi connectivity index (χ0) is 10.3. The molecule has 14 heavy (non-hydrogen) atoms. The molecule has 1 N–H and O–H groups in total. The van der Waals surface area contributed by atoms with Crippen LogP contribution in [-0.2, 0) is 0 Å². The van der Waals surface area contributed by atoms with Gasteiger partial charge < -0.3 is 9.51 Å². The van der Waals surface area contributed by atoms with E-state index in [-0.39, 0.29) is 0 Å². The molecule has 0 aliphatic carbocycles. The molecule has 0 aromatic carbocycles. The van der Waals surface area contributed by atoms with Gasteiger partial charge in [0.1, 0.15) is 0 Å². The van der Waals surface area contributed by atoms with Crippen LogP contribution in [0.5, 0.6) is 0 Å². The summed E-state index contributed by atoms with van der Waals surface area (Å²) in [7, 11) is 0. The number of carbonyl (C=O) groups is 1. The summed E-state index contributed by atoms with van der Waals surface area (Å²) in [6.07, 6.45) is 3.70. The maximum atomic E-state index is 10.9. The largest absolute Gasteiger partial charge is 0.478 e. The van der Waals surface area contributed by atoms with Gasteiger partial charge in [0.2, 0.25) is 0 Å². The molecule has 0 amide bonds. The van der Waals surface area contributed by atoms with Crippen molar-refractivity contribution >= 4 is 27.4 Å². The molecule has 0 saturated heterocycles. The Morgan fingerprint density at radius 1 is 1.57 bits per heavy atom. The molecule has 0 spiro atoms. The molecule has 4 heteroatoms. The minimum atomic E-state index is -0.891. The zero-order valence-electron chi connectivity index (χ0n) is 7.49. The van der Waals surface area contributed by atoms with Crippen LogP contribution in [0.15, 0.2) is 29.0 Å². The smallest absolute Gasteiger partial charge is 0.336 e. The Morgan fingerprint density at radius 3 is 2.93 bits per heavy atom. The molecule has 2 rings (SSSR count). The van der Waals surface area contributed by atoms with Crippen LogP contribution in [0.3, 0.4) is 0 Å². The van der Waals surface area contributed by atoms with E-state index in [9.17, 15) is 4.79 Å². The average molecular weight is 254 g/mol. The number of rotatable bonds is 1. The summed E-state index contributed by atoms with van der Waals surface area (Å²) in [4.78, 5) is 10.9. The third-order valence-electron chi connectivity index (χ3n) is 2.17. The fraction of sp³-hybridized carbons (Fsp3) is 0.100. The zero-order valence-corrected chi connectivity index (χ0v) is 9.08. The molecular formula is C10H8BrNO2.